The summed E-state index contributed by atoms with van der Waals surface area (Å²) in [6.07, 6.45) is -0.595. The Morgan fingerprint density at radius 3 is 2.37 bits per heavy atom. The van der Waals surface area contributed by atoms with Gasteiger partial charge in [0.15, 0.2) is 0 Å². The third-order valence-corrected chi connectivity index (χ3v) is 4.21. The lowest BCUT2D eigenvalue weighted by Gasteiger charge is -2.22. The first-order valence-electron chi connectivity index (χ1n) is 6.59. The van der Waals surface area contributed by atoms with Crippen LogP contribution in [0.4, 0.5) is 4.39 Å². The summed E-state index contributed by atoms with van der Waals surface area (Å²) < 4.78 is 13.0. The molecule has 0 aliphatic carbocycles. The highest BCUT2D eigenvalue weighted by Gasteiger charge is 2.14. The van der Waals surface area contributed by atoms with Gasteiger partial charge in [-0.05, 0) is 24.6 Å². The zero-order chi connectivity index (χ0) is 14.5. The summed E-state index contributed by atoms with van der Waals surface area (Å²) in [5, 5.41) is 13.3. The summed E-state index contributed by atoms with van der Waals surface area (Å²) in [4.78, 5) is 0. The third-order valence-electron chi connectivity index (χ3n) is 2.68. The molecule has 0 saturated carbocycles. The van der Waals surface area contributed by atoms with Crippen LogP contribution >= 0.6 is 11.8 Å². The van der Waals surface area contributed by atoms with E-state index in [1.807, 2.05) is 11.8 Å². The highest BCUT2D eigenvalue weighted by Crippen LogP contribution is 2.23. The summed E-state index contributed by atoms with van der Waals surface area (Å²) in [5.41, 5.74) is 0.740. The number of halogens is 1. The van der Waals surface area contributed by atoms with Gasteiger partial charge in [-0.2, -0.15) is 11.8 Å². The summed E-state index contributed by atoms with van der Waals surface area (Å²) in [6, 6.07) is 6.32. The van der Waals surface area contributed by atoms with Crippen molar-refractivity contribution in [2.45, 2.75) is 44.6 Å². The lowest BCUT2D eigenvalue weighted by molar-refractivity contribution is 0.172. The highest BCUT2D eigenvalue weighted by atomic mass is 32.2. The Balaban J connectivity index is 2.33. The first-order chi connectivity index (χ1) is 8.78. The molecule has 1 rings (SSSR count). The van der Waals surface area contributed by atoms with Gasteiger partial charge in [0.2, 0.25) is 0 Å². The number of aliphatic hydroxyl groups excluding tert-OH is 1. The van der Waals surface area contributed by atoms with Crippen LogP contribution in [0.3, 0.4) is 0 Å². The second-order valence-electron chi connectivity index (χ2n) is 5.80. The molecule has 1 aromatic carbocycles. The molecule has 0 spiro atoms. The highest BCUT2D eigenvalue weighted by molar-refractivity contribution is 8.00. The predicted molar refractivity (Wildman–Crippen MR) is 81.0 cm³/mol. The van der Waals surface area contributed by atoms with E-state index in [4.69, 9.17) is 0 Å². The standard InChI is InChI=1S/C15H24FNOS/c1-11(10-19-15(2,3)4)17-9-14(18)12-5-7-13(16)8-6-12/h5-8,11,14,17-18H,9-10H2,1-4H3. The average Bonchev–Trinajstić information content (AvgIpc) is 2.33. The van der Waals surface area contributed by atoms with Crippen molar-refractivity contribution in [2.24, 2.45) is 0 Å². The van der Waals surface area contributed by atoms with Gasteiger partial charge in [0.05, 0.1) is 6.10 Å². The van der Waals surface area contributed by atoms with Crippen molar-refractivity contribution >= 4 is 11.8 Å². The van der Waals surface area contributed by atoms with Crippen LogP contribution in [0.2, 0.25) is 0 Å². The van der Waals surface area contributed by atoms with Crippen molar-refractivity contribution in [1.82, 2.24) is 5.32 Å². The minimum Gasteiger partial charge on any atom is -0.387 e. The van der Waals surface area contributed by atoms with Crippen molar-refractivity contribution in [2.75, 3.05) is 12.3 Å². The molecule has 2 atom stereocenters. The Hall–Kier alpha value is -0.580. The number of hydrogen-bond donors (Lipinski definition) is 2. The van der Waals surface area contributed by atoms with Gasteiger partial charge >= 0.3 is 0 Å². The molecule has 0 fully saturated rings. The molecule has 2 nitrogen and oxygen atoms in total. The number of nitrogens with one attached hydrogen (secondary N) is 1. The van der Waals surface area contributed by atoms with Crippen LogP contribution in [0.1, 0.15) is 39.4 Å². The topological polar surface area (TPSA) is 32.3 Å². The molecule has 19 heavy (non-hydrogen) atoms. The molecule has 0 saturated heterocycles. The molecule has 0 radical (unpaired) electrons. The molecule has 2 unspecified atom stereocenters. The Labute approximate surface area is 119 Å². The average molecular weight is 285 g/mol. The Morgan fingerprint density at radius 1 is 1.26 bits per heavy atom. The monoisotopic (exact) mass is 285 g/mol. The van der Waals surface area contributed by atoms with Gasteiger partial charge in [0, 0.05) is 23.1 Å². The summed E-state index contributed by atoms with van der Waals surface area (Å²) in [6.45, 7) is 9.17. The molecule has 0 amide bonds. The van der Waals surface area contributed by atoms with Crippen LogP contribution in [-0.2, 0) is 0 Å². The zero-order valence-corrected chi connectivity index (χ0v) is 12.9. The van der Waals surface area contributed by atoms with Gasteiger partial charge in [0.1, 0.15) is 5.82 Å². The van der Waals surface area contributed by atoms with E-state index in [1.165, 1.54) is 12.1 Å². The number of aliphatic hydroxyl groups is 1. The predicted octanol–water partition coefficient (Wildman–Crippen LogP) is 3.37. The van der Waals surface area contributed by atoms with Crippen molar-refractivity contribution in [3.8, 4) is 0 Å². The molecular weight excluding hydrogens is 261 g/mol. The molecular formula is C15H24FNOS. The largest absolute Gasteiger partial charge is 0.387 e. The Bertz CT molecular complexity index is 375. The van der Waals surface area contributed by atoms with Crippen LogP contribution in [-0.4, -0.2) is 28.2 Å². The van der Waals surface area contributed by atoms with E-state index >= 15 is 0 Å². The van der Waals surface area contributed by atoms with E-state index in [0.29, 0.717) is 12.6 Å². The van der Waals surface area contributed by atoms with Gasteiger partial charge in [-0.3, -0.25) is 0 Å². The van der Waals surface area contributed by atoms with Gasteiger partial charge in [0.25, 0.3) is 0 Å². The number of benzene rings is 1. The number of rotatable bonds is 6. The van der Waals surface area contributed by atoms with Crippen LogP contribution < -0.4 is 5.32 Å². The minimum atomic E-state index is -0.595. The minimum absolute atomic E-state index is 0.255. The first kappa shape index (κ1) is 16.5. The smallest absolute Gasteiger partial charge is 0.123 e. The summed E-state index contributed by atoms with van der Waals surface area (Å²) in [5.74, 6) is 0.721. The molecule has 0 bridgehead atoms. The maximum Gasteiger partial charge on any atom is 0.123 e. The lowest BCUT2D eigenvalue weighted by atomic mass is 10.1. The van der Waals surface area contributed by atoms with Crippen molar-refractivity contribution < 1.29 is 9.50 Å². The van der Waals surface area contributed by atoms with E-state index < -0.39 is 6.10 Å². The maximum absolute atomic E-state index is 12.8. The lowest BCUT2D eigenvalue weighted by Crippen LogP contribution is -2.33. The van der Waals surface area contributed by atoms with E-state index in [0.717, 1.165) is 11.3 Å². The SMILES string of the molecule is CC(CSC(C)(C)C)NCC(O)c1ccc(F)cc1. The van der Waals surface area contributed by atoms with E-state index in [-0.39, 0.29) is 10.6 Å². The normalized spacial score (nSPS) is 15.3. The number of hydrogen-bond acceptors (Lipinski definition) is 3. The molecule has 0 heterocycles. The molecule has 1 aromatic rings. The van der Waals surface area contributed by atoms with E-state index in [1.54, 1.807) is 12.1 Å². The maximum atomic E-state index is 12.8. The van der Waals surface area contributed by atoms with Crippen molar-refractivity contribution in [3.05, 3.63) is 35.6 Å². The van der Waals surface area contributed by atoms with E-state index in [2.05, 4.69) is 33.0 Å². The van der Waals surface area contributed by atoms with Gasteiger partial charge < -0.3 is 10.4 Å². The third kappa shape index (κ3) is 6.95. The molecule has 4 heteroatoms. The number of thioether (sulfide) groups is 1. The first-order valence-corrected chi connectivity index (χ1v) is 7.57. The van der Waals surface area contributed by atoms with Gasteiger partial charge in [-0.15, -0.1) is 0 Å². The second kappa shape index (κ2) is 7.27. The Kier molecular flexibility index (Phi) is 6.30. The van der Waals surface area contributed by atoms with Crippen LogP contribution in [0.5, 0.6) is 0 Å². The quantitative estimate of drug-likeness (QED) is 0.840. The van der Waals surface area contributed by atoms with Crippen molar-refractivity contribution in [1.29, 1.82) is 0 Å². The fourth-order valence-corrected chi connectivity index (χ4v) is 2.42. The summed E-state index contributed by atoms with van der Waals surface area (Å²) in [7, 11) is 0. The molecule has 108 valence electrons. The van der Waals surface area contributed by atoms with Crippen molar-refractivity contribution in [3.63, 3.8) is 0 Å². The van der Waals surface area contributed by atoms with Crippen LogP contribution in [0.15, 0.2) is 24.3 Å². The van der Waals surface area contributed by atoms with Crippen LogP contribution in [0.25, 0.3) is 0 Å². The summed E-state index contributed by atoms with van der Waals surface area (Å²) >= 11 is 1.90. The van der Waals surface area contributed by atoms with E-state index in [9.17, 15) is 9.50 Å². The Morgan fingerprint density at radius 2 is 1.84 bits per heavy atom. The second-order valence-corrected chi connectivity index (χ2v) is 7.65. The molecule has 0 aromatic heterocycles. The van der Waals surface area contributed by atoms with Gasteiger partial charge in [-0.25, -0.2) is 4.39 Å². The molecule has 2 N–H and O–H groups in total. The molecule has 0 aliphatic rings. The molecule has 0 aliphatic heterocycles. The fraction of sp³-hybridized carbons (Fsp3) is 0.600. The zero-order valence-electron chi connectivity index (χ0n) is 12.1. The van der Waals surface area contributed by atoms with Crippen LogP contribution in [0, 0.1) is 5.82 Å². The van der Waals surface area contributed by atoms with Gasteiger partial charge in [-0.1, -0.05) is 32.9 Å². The fourth-order valence-electron chi connectivity index (χ4n) is 1.55.